The molecule has 2 N–H and O–H groups in total. The van der Waals surface area contributed by atoms with E-state index >= 15 is 0 Å². The fraction of sp³-hybridized carbons (Fsp3) is 0.750. The molecule has 7 nitrogen and oxygen atoms in total. The van der Waals surface area contributed by atoms with Crippen LogP contribution in [0.5, 0.6) is 0 Å². The van der Waals surface area contributed by atoms with E-state index in [1.165, 1.54) is 95.6 Å². The van der Waals surface area contributed by atoms with Gasteiger partial charge in [0.1, 0.15) is 0 Å². The van der Waals surface area contributed by atoms with E-state index in [2.05, 4.69) is 11.1 Å². The molecule has 0 amide bonds. The van der Waals surface area contributed by atoms with Crippen molar-refractivity contribution >= 4 is 50.1 Å². The first kappa shape index (κ1) is 36.2. The third kappa shape index (κ3) is 26.6. The first-order valence-electron chi connectivity index (χ1n) is 12.3. The van der Waals surface area contributed by atoms with Crippen LogP contribution in [0, 0.1) is 0 Å². The third-order valence-corrected chi connectivity index (χ3v) is 6.60. The number of benzene rings is 1. The second kappa shape index (κ2) is 23.4. The van der Waals surface area contributed by atoms with Gasteiger partial charge < -0.3 is 0 Å². The molecule has 0 fully saturated rings. The van der Waals surface area contributed by atoms with Gasteiger partial charge in [0.25, 0.3) is 10.1 Å². The molecule has 0 bridgehead atoms. The summed E-state index contributed by atoms with van der Waals surface area (Å²) in [7, 11) is -8.25. The average molecular weight is 533 g/mol. The van der Waals surface area contributed by atoms with Crippen LogP contribution in [0.2, 0.25) is 0 Å². The van der Waals surface area contributed by atoms with Gasteiger partial charge in [-0.05, 0) is 18.6 Å². The second-order valence-corrected chi connectivity index (χ2v) is 10.9. The molecule has 0 aliphatic heterocycles. The summed E-state index contributed by atoms with van der Waals surface area (Å²) in [6.45, 7) is 2.36. The number of hydrogen-bond acceptors (Lipinski definition) is 5. The van der Waals surface area contributed by atoms with E-state index in [0.717, 1.165) is 12.8 Å². The molecule has 1 aromatic carbocycles. The summed E-state index contributed by atoms with van der Waals surface area (Å²) in [6, 6.07) is 7.42. The van der Waals surface area contributed by atoms with Crippen LogP contribution in [-0.2, 0) is 24.7 Å². The van der Waals surface area contributed by atoms with Gasteiger partial charge in [-0.2, -0.15) is 16.8 Å². The minimum absolute atomic E-state index is 0. The van der Waals surface area contributed by atoms with Crippen molar-refractivity contribution in [2.45, 2.75) is 115 Å². The molecule has 34 heavy (non-hydrogen) atoms. The number of unbranched alkanes of at least 4 members (excludes halogenated alkanes) is 15. The van der Waals surface area contributed by atoms with Gasteiger partial charge in [0.05, 0.1) is 11.5 Å². The van der Waals surface area contributed by atoms with Crippen LogP contribution < -0.4 is 0 Å². The Kier molecular flexibility index (Phi) is 24.9. The van der Waals surface area contributed by atoms with E-state index in [-0.39, 0.29) is 41.1 Å². The van der Waals surface area contributed by atoms with Crippen LogP contribution in [0.1, 0.15) is 110 Å². The molecule has 196 valence electrons. The standard InChI is InChI=1S/C18H38O4S.C6H6O3S.Na.H/c1-2-3-4-5-6-7-8-9-10-11-12-13-14-15-16-17-18-22-23(19,20)21;7-10(8,9)6-4-2-1-3-5-6;;/h2-18H2,1H3,(H,19,20,21);1-5H,(H,7,8,9);;. The van der Waals surface area contributed by atoms with Crippen molar-refractivity contribution in [3.8, 4) is 0 Å². The van der Waals surface area contributed by atoms with Gasteiger partial charge in [-0.1, -0.05) is 121 Å². The van der Waals surface area contributed by atoms with Crippen LogP contribution in [0.15, 0.2) is 35.2 Å². The fourth-order valence-electron chi connectivity index (χ4n) is 3.41. The summed E-state index contributed by atoms with van der Waals surface area (Å²) in [5, 5.41) is 0. The first-order chi connectivity index (χ1) is 15.7. The number of rotatable bonds is 19. The Hall–Kier alpha value is 0. The summed E-state index contributed by atoms with van der Waals surface area (Å²) >= 11 is 0. The molecule has 1 aromatic rings. The zero-order chi connectivity index (χ0) is 24.8. The van der Waals surface area contributed by atoms with Gasteiger partial charge in [0, 0.05) is 0 Å². The van der Waals surface area contributed by atoms with Gasteiger partial charge in [0.15, 0.2) is 0 Å². The summed E-state index contributed by atoms with van der Waals surface area (Å²) in [5.41, 5.74) is 0. The Morgan fingerprint density at radius 2 is 0.971 bits per heavy atom. The van der Waals surface area contributed by atoms with Gasteiger partial charge in [0.2, 0.25) is 0 Å². The quantitative estimate of drug-likeness (QED) is 0.121. The van der Waals surface area contributed by atoms with Crippen LogP contribution >= 0.6 is 0 Å². The van der Waals surface area contributed by atoms with Crippen LogP contribution in [-0.4, -0.2) is 62.1 Å². The first-order valence-corrected chi connectivity index (χ1v) is 15.1. The van der Waals surface area contributed by atoms with Gasteiger partial charge in [-0.25, -0.2) is 4.18 Å². The molecule has 0 aromatic heterocycles. The molecular weight excluding hydrogens is 487 g/mol. The molecule has 0 aliphatic rings. The van der Waals surface area contributed by atoms with Crippen molar-refractivity contribution in [3.63, 3.8) is 0 Å². The van der Waals surface area contributed by atoms with Gasteiger partial charge in [-0.3, -0.25) is 9.11 Å². The molecule has 0 unspecified atom stereocenters. The van der Waals surface area contributed by atoms with Crippen molar-refractivity contribution in [1.29, 1.82) is 0 Å². The van der Waals surface area contributed by atoms with Crippen molar-refractivity contribution < 1.29 is 30.1 Å². The molecule has 0 aliphatic carbocycles. The van der Waals surface area contributed by atoms with E-state index in [9.17, 15) is 16.8 Å². The monoisotopic (exact) mass is 532 g/mol. The number of hydrogen-bond donors (Lipinski definition) is 2. The molecule has 0 saturated carbocycles. The van der Waals surface area contributed by atoms with E-state index in [0.29, 0.717) is 6.42 Å². The van der Waals surface area contributed by atoms with Crippen molar-refractivity contribution in [3.05, 3.63) is 30.3 Å². The normalized spacial score (nSPS) is 11.4. The predicted octanol–water partition coefficient (Wildman–Crippen LogP) is 6.35. The molecule has 0 heterocycles. The molecule has 0 spiro atoms. The second-order valence-electron chi connectivity index (χ2n) is 8.34. The van der Waals surface area contributed by atoms with Crippen molar-refractivity contribution in [1.82, 2.24) is 0 Å². The van der Waals surface area contributed by atoms with Gasteiger partial charge >= 0.3 is 40.0 Å². The van der Waals surface area contributed by atoms with E-state index in [1.54, 1.807) is 18.2 Å². The van der Waals surface area contributed by atoms with E-state index in [1.807, 2.05) is 0 Å². The summed E-state index contributed by atoms with van der Waals surface area (Å²) in [6.07, 6.45) is 20.5. The summed E-state index contributed by atoms with van der Waals surface area (Å²) in [5.74, 6) is 0. The Morgan fingerprint density at radius 1 is 0.618 bits per heavy atom. The van der Waals surface area contributed by atoms with E-state index < -0.39 is 20.5 Å². The zero-order valence-corrected chi connectivity index (χ0v) is 21.8. The Bertz CT molecular complexity index is 770. The summed E-state index contributed by atoms with van der Waals surface area (Å²) < 4.78 is 62.6. The van der Waals surface area contributed by atoms with E-state index in [4.69, 9.17) is 9.11 Å². The molecule has 0 atom stereocenters. The SMILES string of the molecule is CCCCCCCCCCCCCCCCCCOS(=O)(=O)O.O=S(=O)(O)c1ccccc1.[NaH]. The maximum absolute atomic E-state index is 10.4. The topological polar surface area (TPSA) is 118 Å². The van der Waals surface area contributed by atoms with Crippen molar-refractivity contribution in [2.24, 2.45) is 0 Å². The van der Waals surface area contributed by atoms with Crippen LogP contribution in [0.3, 0.4) is 0 Å². The predicted molar refractivity (Wildman–Crippen MR) is 140 cm³/mol. The Morgan fingerprint density at radius 3 is 1.26 bits per heavy atom. The molecular formula is C24H45NaO7S2. The van der Waals surface area contributed by atoms with Crippen molar-refractivity contribution in [2.75, 3.05) is 6.61 Å². The Labute approximate surface area is 230 Å². The van der Waals surface area contributed by atoms with Crippen LogP contribution in [0.4, 0.5) is 0 Å². The minimum atomic E-state index is -4.24. The van der Waals surface area contributed by atoms with Crippen LogP contribution in [0.25, 0.3) is 0 Å². The zero-order valence-electron chi connectivity index (χ0n) is 20.2. The Balaban J connectivity index is 0. The third-order valence-electron chi connectivity index (χ3n) is 5.27. The molecule has 0 radical (unpaired) electrons. The fourth-order valence-corrected chi connectivity index (χ4v) is 4.24. The molecule has 0 saturated heterocycles. The summed E-state index contributed by atoms with van der Waals surface area (Å²) in [4.78, 5) is -0.0741. The average Bonchev–Trinajstić information content (AvgIpc) is 2.76. The molecule has 10 heteroatoms. The maximum atomic E-state index is 10.4. The molecule has 1 rings (SSSR count). The van der Waals surface area contributed by atoms with Gasteiger partial charge in [-0.15, -0.1) is 0 Å².